The molecule has 0 radical (unpaired) electrons. The number of benzene rings is 1. The topological polar surface area (TPSA) is 38.0 Å². The summed E-state index contributed by atoms with van der Waals surface area (Å²) < 4.78 is 1.98. The monoisotopic (exact) mass is 256 g/mol. The number of hydrogen-bond donors (Lipinski definition) is 1. The smallest absolute Gasteiger partial charge is 0.110 e. The lowest BCUT2D eigenvalue weighted by Gasteiger charge is -2.29. The van der Waals surface area contributed by atoms with Gasteiger partial charge in [-0.05, 0) is 30.4 Å². The molecule has 0 fully saturated rings. The average molecular weight is 256 g/mol. The van der Waals surface area contributed by atoms with Crippen LogP contribution in [0.2, 0.25) is 0 Å². The fourth-order valence-corrected chi connectivity index (χ4v) is 3.11. The molecule has 2 unspecified atom stereocenters. The van der Waals surface area contributed by atoms with Crippen LogP contribution >= 0.6 is 0 Å². The van der Waals surface area contributed by atoms with Gasteiger partial charge in [-0.1, -0.05) is 24.3 Å². The first-order valence-corrected chi connectivity index (χ1v) is 6.98. The summed E-state index contributed by atoms with van der Waals surface area (Å²) in [6.45, 7) is 0. The summed E-state index contributed by atoms with van der Waals surface area (Å²) in [7, 11) is 1.98. The second kappa shape index (κ2) is 5.17. The van der Waals surface area contributed by atoms with Crippen LogP contribution in [0.1, 0.15) is 35.7 Å². The maximum Gasteiger partial charge on any atom is 0.110 e. The molecule has 1 aromatic heterocycles. The van der Waals surface area contributed by atoms with Crippen LogP contribution in [-0.4, -0.2) is 20.8 Å². The minimum absolute atomic E-state index is 0.252. The van der Waals surface area contributed by atoms with Crippen LogP contribution in [0.25, 0.3) is 0 Å². The Labute approximate surface area is 113 Å². The Bertz CT molecular complexity index is 561. The molecule has 1 heterocycles. The van der Waals surface area contributed by atoms with Crippen LogP contribution in [0, 0.1) is 0 Å². The third-order valence-electron chi connectivity index (χ3n) is 4.19. The third-order valence-corrected chi connectivity index (χ3v) is 4.19. The largest absolute Gasteiger partial charge is 0.392 e. The zero-order chi connectivity index (χ0) is 13.2. The van der Waals surface area contributed by atoms with Gasteiger partial charge in [0.25, 0.3) is 0 Å². The van der Waals surface area contributed by atoms with Crippen LogP contribution in [0.4, 0.5) is 0 Å². The number of imidazole rings is 1. The van der Waals surface area contributed by atoms with Gasteiger partial charge >= 0.3 is 0 Å². The molecule has 1 aliphatic carbocycles. The molecule has 1 aromatic carbocycles. The summed E-state index contributed by atoms with van der Waals surface area (Å²) in [6, 6.07) is 8.52. The predicted molar refractivity (Wildman–Crippen MR) is 75.0 cm³/mol. The van der Waals surface area contributed by atoms with Gasteiger partial charge in [0, 0.05) is 31.8 Å². The molecule has 3 heteroatoms. The molecule has 0 spiro atoms. The van der Waals surface area contributed by atoms with E-state index in [0.717, 1.165) is 18.7 Å². The van der Waals surface area contributed by atoms with Crippen molar-refractivity contribution in [1.29, 1.82) is 0 Å². The summed E-state index contributed by atoms with van der Waals surface area (Å²) in [5.41, 5.74) is 2.73. The predicted octanol–water partition coefficient (Wildman–Crippen LogP) is 2.44. The maximum atomic E-state index is 10.6. The molecular weight excluding hydrogens is 236 g/mol. The Morgan fingerprint density at radius 2 is 2.26 bits per heavy atom. The summed E-state index contributed by atoms with van der Waals surface area (Å²) in [6.07, 6.45) is 7.38. The Balaban J connectivity index is 1.81. The van der Waals surface area contributed by atoms with E-state index < -0.39 is 0 Å². The van der Waals surface area contributed by atoms with Gasteiger partial charge < -0.3 is 9.67 Å². The molecule has 0 saturated heterocycles. The molecule has 2 aromatic rings. The van der Waals surface area contributed by atoms with E-state index in [2.05, 4.69) is 29.2 Å². The van der Waals surface area contributed by atoms with Crippen molar-refractivity contribution >= 4 is 0 Å². The number of aliphatic hydroxyl groups excluding tert-OH is 1. The number of aliphatic hydroxyl groups is 1. The Kier molecular flexibility index (Phi) is 3.38. The van der Waals surface area contributed by atoms with Crippen molar-refractivity contribution in [2.75, 3.05) is 0 Å². The third kappa shape index (κ3) is 2.43. The number of nitrogens with zero attached hydrogens (tertiary/aromatic N) is 2. The average Bonchev–Trinajstić information content (AvgIpc) is 2.83. The van der Waals surface area contributed by atoms with E-state index in [1.165, 1.54) is 17.5 Å². The van der Waals surface area contributed by atoms with Crippen LogP contribution in [0.3, 0.4) is 0 Å². The molecule has 1 N–H and O–H groups in total. The van der Waals surface area contributed by atoms with E-state index in [1.54, 1.807) is 6.20 Å². The van der Waals surface area contributed by atoms with E-state index in [0.29, 0.717) is 6.42 Å². The Hall–Kier alpha value is -1.61. The number of aromatic nitrogens is 2. The molecule has 2 atom stereocenters. The molecule has 0 saturated carbocycles. The highest BCUT2D eigenvalue weighted by Crippen LogP contribution is 2.34. The lowest BCUT2D eigenvalue weighted by molar-refractivity contribution is 0.131. The quantitative estimate of drug-likeness (QED) is 0.916. The number of fused-ring (bicyclic) bond motifs is 1. The second-order valence-electron chi connectivity index (χ2n) is 5.42. The first-order chi connectivity index (χ1) is 9.25. The normalized spacial score (nSPS) is 20.0. The first kappa shape index (κ1) is 12.4. The van der Waals surface area contributed by atoms with Crippen molar-refractivity contribution in [1.82, 2.24) is 9.55 Å². The van der Waals surface area contributed by atoms with Crippen molar-refractivity contribution in [2.45, 2.75) is 37.7 Å². The van der Waals surface area contributed by atoms with E-state index in [9.17, 15) is 5.11 Å². The summed E-state index contributed by atoms with van der Waals surface area (Å²) in [5.74, 6) is 1.21. The van der Waals surface area contributed by atoms with Gasteiger partial charge in [0.15, 0.2) is 0 Å². The molecule has 0 bridgehead atoms. The molecule has 3 nitrogen and oxygen atoms in total. The number of aryl methyl sites for hydroxylation is 2. The van der Waals surface area contributed by atoms with Crippen molar-refractivity contribution in [3.05, 3.63) is 53.6 Å². The van der Waals surface area contributed by atoms with E-state index >= 15 is 0 Å². The van der Waals surface area contributed by atoms with Gasteiger partial charge in [-0.3, -0.25) is 0 Å². The summed E-state index contributed by atoms with van der Waals surface area (Å²) >= 11 is 0. The van der Waals surface area contributed by atoms with Gasteiger partial charge in [0.05, 0.1) is 6.10 Å². The second-order valence-corrected chi connectivity index (χ2v) is 5.42. The minimum atomic E-state index is -0.345. The lowest BCUT2D eigenvalue weighted by Crippen LogP contribution is -2.26. The summed E-state index contributed by atoms with van der Waals surface area (Å²) in [5, 5.41) is 10.6. The van der Waals surface area contributed by atoms with Crippen LogP contribution in [0.15, 0.2) is 36.7 Å². The van der Waals surface area contributed by atoms with E-state index in [1.807, 2.05) is 17.8 Å². The molecule has 1 aliphatic rings. The minimum Gasteiger partial charge on any atom is -0.392 e. The highest BCUT2D eigenvalue weighted by molar-refractivity contribution is 5.33. The fraction of sp³-hybridized carbons (Fsp3) is 0.438. The maximum absolute atomic E-state index is 10.6. The van der Waals surface area contributed by atoms with Crippen LogP contribution in [0.5, 0.6) is 0 Å². The van der Waals surface area contributed by atoms with Gasteiger partial charge in [-0.15, -0.1) is 0 Å². The van der Waals surface area contributed by atoms with Gasteiger partial charge in [0.2, 0.25) is 0 Å². The van der Waals surface area contributed by atoms with E-state index in [-0.39, 0.29) is 12.0 Å². The molecule has 3 rings (SSSR count). The molecule has 0 aliphatic heterocycles. The van der Waals surface area contributed by atoms with Crippen LogP contribution in [-0.2, 0) is 19.9 Å². The van der Waals surface area contributed by atoms with Crippen molar-refractivity contribution in [3.8, 4) is 0 Å². The van der Waals surface area contributed by atoms with Crippen molar-refractivity contribution in [3.63, 3.8) is 0 Å². The van der Waals surface area contributed by atoms with Crippen LogP contribution < -0.4 is 0 Å². The molecule has 19 heavy (non-hydrogen) atoms. The Morgan fingerprint density at radius 3 is 3.05 bits per heavy atom. The standard InChI is InChI=1S/C16H20N2O/c1-18-10-9-17-16(18)11-15(19)14-8-4-6-12-5-2-3-7-13(12)14/h2-3,5,7,9-10,14-15,19H,4,6,8,11H2,1H3. The van der Waals surface area contributed by atoms with Crippen molar-refractivity contribution < 1.29 is 5.11 Å². The molecular formula is C16H20N2O. The molecule has 0 amide bonds. The van der Waals surface area contributed by atoms with Gasteiger partial charge in [0.1, 0.15) is 5.82 Å². The zero-order valence-corrected chi connectivity index (χ0v) is 11.3. The SMILES string of the molecule is Cn1ccnc1CC(O)C1CCCc2ccccc21. The highest BCUT2D eigenvalue weighted by atomic mass is 16.3. The van der Waals surface area contributed by atoms with Crippen molar-refractivity contribution in [2.24, 2.45) is 7.05 Å². The van der Waals surface area contributed by atoms with E-state index in [4.69, 9.17) is 0 Å². The zero-order valence-electron chi connectivity index (χ0n) is 11.3. The van der Waals surface area contributed by atoms with Gasteiger partial charge in [-0.25, -0.2) is 4.98 Å². The first-order valence-electron chi connectivity index (χ1n) is 6.98. The number of hydrogen-bond acceptors (Lipinski definition) is 2. The summed E-state index contributed by atoms with van der Waals surface area (Å²) in [4.78, 5) is 4.31. The fourth-order valence-electron chi connectivity index (χ4n) is 3.11. The van der Waals surface area contributed by atoms with Gasteiger partial charge in [-0.2, -0.15) is 0 Å². The Morgan fingerprint density at radius 1 is 1.42 bits per heavy atom. The number of rotatable bonds is 3. The lowest BCUT2D eigenvalue weighted by atomic mass is 9.79. The molecule has 100 valence electrons. The highest BCUT2D eigenvalue weighted by Gasteiger charge is 2.27.